The van der Waals surface area contributed by atoms with Gasteiger partial charge in [0.15, 0.2) is 11.6 Å². The molecule has 0 saturated heterocycles. The molecule has 0 unspecified atom stereocenters. The van der Waals surface area contributed by atoms with E-state index in [2.05, 4.69) is 26.7 Å². The van der Waals surface area contributed by atoms with E-state index >= 15 is 0 Å². The highest BCUT2D eigenvalue weighted by Gasteiger charge is 2.24. The van der Waals surface area contributed by atoms with Gasteiger partial charge in [-0.25, -0.2) is 9.37 Å². The summed E-state index contributed by atoms with van der Waals surface area (Å²) >= 11 is 0. The van der Waals surface area contributed by atoms with E-state index in [1.807, 2.05) is 18.2 Å². The standard InChI is InChI=1S/C24H24FN7O/c25-19-10-18(22(28)33)23(32-24(19)31-21-4-2-1-3-20(21)27)30-17-9-16(12-29-13-17)15-7-5-14(11-26)6-8-15/h5-10,12-13,20-21H,1-4,27H2,(H2,28,33)(H2,30,31,32)/t20-,21+/m0/s1. The van der Waals surface area contributed by atoms with Crippen LogP contribution in [0.2, 0.25) is 0 Å². The van der Waals surface area contributed by atoms with Crippen molar-refractivity contribution < 1.29 is 9.18 Å². The molecule has 1 amide bonds. The molecular weight excluding hydrogens is 421 g/mol. The summed E-state index contributed by atoms with van der Waals surface area (Å²) in [6, 6.07) is 11.8. The minimum absolute atomic E-state index is 0.0149. The molecule has 1 saturated carbocycles. The smallest absolute Gasteiger partial charge is 0.252 e. The Hall–Kier alpha value is -4.03. The average molecular weight is 446 g/mol. The highest BCUT2D eigenvalue weighted by Crippen LogP contribution is 2.28. The summed E-state index contributed by atoms with van der Waals surface area (Å²) in [6.45, 7) is 0. The first-order chi connectivity index (χ1) is 15.9. The Kier molecular flexibility index (Phi) is 6.47. The summed E-state index contributed by atoms with van der Waals surface area (Å²) in [5, 5.41) is 15.1. The van der Waals surface area contributed by atoms with Gasteiger partial charge in [-0.2, -0.15) is 5.26 Å². The molecular formula is C24H24FN7O. The predicted octanol–water partition coefficient (Wildman–Crippen LogP) is 3.68. The van der Waals surface area contributed by atoms with E-state index in [1.54, 1.807) is 24.5 Å². The van der Waals surface area contributed by atoms with Gasteiger partial charge in [0.2, 0.25) is 0 Å². The number of hydrogen-bond donors (Lipinski definition) is 4. The number of rotatable bonds is 6. The van der Waals surface area contributed by atoms with Gasteiger partial charge in [0.05, 0.1) is 29.1 Å². The van der Waals surface area contributed by atoms with E-state index in [4.69, 9.17) is 16.7 Å². The number of primary amides is 1. The van der Waals surface area contributed by atoms with Crippen molar-refractivity contribution in [2.45, 2.75) is 37.8 Å². The number of pyridine rings is 2. The van der Waals surface area contributed by atoms with E-state index in [0.717, 1.165) is 42.9 Å². The molecule has 9 heteroatoms. The lowest BCUT2D eigenvalue weighted by Crippen LogP contribution is -2.43. The molecule has 168 valence electrons. The lowest BCUT2D eigenvalue weighted by molar-refractivity contribution is 0.100. The van der Waals surface area contributed by atoms with Crippen molar-refractivity contribution in [3.8, 4) is 17.2 Å². The molecule has 1 aromatic carbocycles. The van der Waals surface area contributed by atoms with Gasteiger partial charge in [-0.3, -0.25) is 9.78 Å². The summed E-state index contributed by atoms with van der Waals surface area (Å²) in [7, 11) is 0. The van der Waals surface area contributed by atoms with Crippen molar-refractivity contribution in [1.82, 2.24) is 9.97 Å². The van der Waals surface area contributed by atoms with Gasteiger partial charge in [-0.1, -0.05) is 25.0 Å². The molecule has 2 heterocycles. The number of nitrogens with one attached hydrogen (secondary N) is 2. The summed E-state index contributed by atoms with van der Waals surface area (Å²) in [6.07, 6.45) is 6.97. The Morgan fingerprint density at radius 2 is 1.85 bits per heavy atom. The monoisotopic (exact) mass is 445 g/mol. The minimum Gasteiger partial charge on any atom is -0.365 e. The zero-order chi connectivity index (χ0) is 23.4. The van der Waals surface area contributed by atoms with Gasteiger partial charge >= 0.3 is 0 Å². The first-order valence-electron chi connectivity index (χ1n) is 10.7. The van der Waals surface area contributed by atoms with Gasteiger partial charge in [0, 0.05) is 23.8 Å². The van der Waals surface area contributed by atoms with Crippen molar-refractivity contribution in [2.24, 2.45) is 11.5 Å². The SMILES string of the molecule is N#Cc1ccc(-c2cncc(Nc3nc(N[C@@H]4CCCC[C@@H]4N)c(F)cc3C(N)=O)c2)cc1. The highest BCUT2D eigenvalue weighted by molar-refractivity contribution is 5.98. The molecule has 1 fully saturated rings. The van der Waals surface area contributed by atoms with Crippen molar-refractivity contribution in [1.29, 1.82) is 5.26 Å². The highest BCUT2D eigenvalue weighted by atomic mass is 19.1. The van der Waals surface area contributed by atoms with E-state index in [-0.39, 0.29) is 29.3 Å². The molecule has 8 nitrogen and oxygen atoms in total. The van der Waals surface area contributed by atoms with Gasteiger partial charge < -0.3 is 22.1 Å². The topological polar surface area (TPSA) is 143 Å². The third-order valence-corrected chi connectivity index (χ3v) is 5.73. The van der Waals surface area contributed by atoms with Crippen molar-refractivity contribution >= 4 is 23.2 Å². The Morgan fingerprint density at radius 3 is 2.55 bits per heavy atom. The van der Waals surface area contributed by atoms with Crippen molar-refractivity contribution in [3.05, 3.63) is 65.7 Å². The van der Waals surface area contributed by atoms with Crippen LogP contribution < -0.4 is 22.1 Å². The summed E-state index contributed by atoms with van der Waals surface area (Å²) < 4.78 is 14.7. The van der Waals surface area contributed by atoms with Gasteiger partial charge in [-0.05, 0) is 42.7 Å². The molecule has 2 aromatic heterocycles. The van der Waals surface area contributed by atoms with Crippen LogP contribution in [-0.4, -0.2) is 28.0 Å². The number of nitriles is 1. The zero-order valence-electron chi connectivity index (χ0n) is 17.9. The van der Waals surface area contributed by atoms with Gasteiger partial charge in [0.1, 0.15) is 5.82 Å². The molecule has 0 radical (unpaired) electrons. The first-order valence-corrected chi connectivity index (χ1v) is 10.7. The van der Waals surface area contributed by atoms with Crippen LogP contribution in [0, 0.1) is 17.1 Å². The van der Waals surface area contributed by atoms with E-state index in [0.29, 0.717) is 11.3 Å². The summed E-state index contributed by atoms with van der Waals surface area (Å²) in [5.74, 6) is -1.34. The molecule has 33 heavy (non-hydrogen) atoms. The number of carbonyl (C=O) groups excluding carboxylic acids is 1. The van der Waals surface area contributed by atoms with Crippen LogP contribution in [-0.2, 0) is 0 Å². The summed E-state index contributed by atoms with van der Waals surface area (Å²) in [5.41, 5.74) is 14.3. The average Bonchev–Trinajstić information content (AvgIpc) is 2.82. The molecule has 4 rings (SSSR count). The Bertz CT molecular complexity index is 1210. The fourth-order valence-electron chi connectivity index (χ4n) is 3.93. The Morgan fingerprint density at radius 1 is 1.09 bits per heavy atom. The second-order valence-electron chi connectivity index (χ2n) is 8.05. The summed E-state index contributed by atoms with van der Waals surface area (Å²) in [4.78, 5) is 20.5. The lowest BCUT2D eigenvalue weighted by atomic mass is 9.91. The molecule has 6 N–H and O–H groups in total. The lowest BCUT2D eigenvalue weighted by Gasteiger charge is -2.30. The fraction of sp³-hybridized carbons (Fsp3) is 0.250. The van der Waals surface area contributed by atoms with Crippen LogP contribution in [0.3, 0.4) is 0 Å². The van der Waals surface area contributed by atoms with Crippen LogP contribution in [0.1, 0.15) is 41.6 Å². The third-order valence-electron chi connectivity index (χ3n) is 5.73. The van der Waals surface area contributed by atoms with Crippen LogP contribution in [0.25, 0.3) is 11.1 Å². The van der Waals surface area contributed by atoms with E-state index in [9.17, 15) is 9.18 Å². The Labute approximate surface area is 190 Å². The van der Waals surface area contributed by atoms with Crippen LogP contribution in [0.5, 0.6) is 0 Å². The normalized spacial score (nSPS) is 17.7. The van der Waals surface area contributed by atoms with Gasteiger partial charge in [-0.15, -0.1) is 0 Å². The number of hydrogen-bond acceptors (Lipinski definition) is 7. The minimum atomic E-state index is -0.805. The largest absolute Gasteiger partial charge is 0.365 e. The number of amides is 1. The molecule has 2 atom stereocenters. The maximum Gasteiger partial charge on any atom is 0.252 e. The van der Waals surface area contributed by atoms with Crippen LogP contribution >= 0.6 is 0 Å². The molecule has 0 bridgehead atoms. The second-order valence-corrected chi connectivity index (χ2v) is 8.05. The molecule has 0 spiro atoms. The van der Waals surface area contributed by atoms with Crippen LogP contribution in [0.4, 0.5) is 21.7 Å². The molecule has 1 aliphatic rings. The quantitative estimate of drug-likeness (QED) is 0.453. The Balaban J connectivity index is 1.63. The number of benzene rings is 1. The number of nitrogens with two attached hydrogens (primary N) is 2. The first kappa shape index (κ1) is 22.2. The van der Waals surface area contributed by atoms with E-state index in [1.165, 1.54) is 0 Å². The number of anilines is 3. The van der Waals surface area contributed by atoms with Crippen LogP contribution in [0.15, 0.2) is 48.8 Å². The van der Waals surface area contributed by atoms with Crippen molar-refractivity contribution in [3.63, 3.8) is 0 Å². The molecule has 1 aliphatic carbocycles. The maximum absolute atomic E-state index is 14.7. The maximum atomic E-state index is 14.7. The molecule has 0 aliphatic heterocycles. The van der Waals surface area contributed by atoms with E-state index < -0.39 is 11.7 Å². The zero-order valence-corrected chi connectivity index (χ0v) is 17.9. The number of aromatic nitrogens is 2. The molecule has 3 aromatic rings. The van der Waals surface area contributed by atoms with Gasteiger partial charge in [0.25, 0.3) is 5.91 Å². The number of carbonyl (C=O) groups is 1. The number of nitrogens with zero attached hydrogens (tertiary/aromatic N) is 3. The predicted molar refractivity (Wildman–Crippen MR) is 124 cm³/mol. The fourth-order valence-corrected chi connectivity index (χ4v) is 3.93. The van der Waals surface area contributed by atoms with Crippen molar-refractivity contribution in [2.75, 3.05) is 10.6 Å². The number of halogens is 1. The second kappa shape index (κ2) is 9.63. The third kappa shape index (κ3) is 5.07.